The fourth-order valence-electron chi connectivity index (χ4n) is 2.93. The highest BCUT2D eigenvalue weighted by Crippen LogP contribution is 2.35. The molecular weight excluding hydrogens is 365 g/mol. The van der Waals surface area contributed by atoms with Gasteiger partial charge in [-0.15, -0.1) is 0 Å². The number of fused-ring (bicyclic) bond motifs is 1. The summed E-state index contributed by atoms with van der Waals surface area (Å²) in [6.07, 6.45) is 0.741. The molecular formula is C22H23ClFNO2. The number of pyridine rings is 1. The summed E-state index contributed by atoms with van der Waals surface area (Å²) in [5.41, 5.74) is 3.12. The van der Waals surface area contributed by atoms with Crippen molar-refractivity contribution >= 4 is 28.5 Å². The van der Waals surface area contributed by atoms with E-state index in [0.717, 1.165) is 12.0 Å². The molecule has 3 rings (SSSR count). The second-order valence-corrected chi connectivity index (χ2v) is 8.34. The standard InChI is InChI=1S/C22H23ClFNO2/c1-6-12(2)20(26)19-11-18-21(27-19)14(22(3,4)5)10-17(25-18)13-7-8-15(23)16(24)9-13/h7-12H,6H2,1-5H3. The fraction of sp³-hybridized carbons (Fsp3) is 0.364. The van der Waals surface area contributed by atoms with Crippen LogP contribution in [0.15, 0.2) is 34.7 Å². The van der Waals surface area contributed by atoms with Crippen LogP contribution in [0.3, 0.4) is 0 Å². The van der Waals surface area contributed by atoms with Crippen molar-refractivity contribution in [2.75, 3.05) is 0 Å². The number of carbonyl (C=O) groups is 1. The number of halogens is 2. The number of rotatable bonds is 4. The van der Waals surface area contributed by atoms with Gasteiger partial charge in [0.25, 0.3) is 0 Å². The molecule has 0 spiro atoms. The lowest BCUT2D eigenvalue weighted by atomic mass is 9.86. The molecule has 1 unspecified atom stereocenters. The lowest BCUT2D eigenvalue weighted by Crippen LogP contribution is -2.12. The molecule has 3 nitrogen and oxygen atoms in total. The predicted octanol–water partition coefficient (Wildman–Crippen LogP) is 6.81. The monoisotopic (exact) mass is 387 g/mol. The summed E-state index contributed by atoms with van der Waals surface area (Å²) in [6, 6.07) is 8.20. The van der Waals surface area contributed by atoms with Gasteiger partial charge in [-0.25, -0.2) is 9.37 Å². The third-order valence-corrected chi connectivity index (χ3v) is 5.11. The third-order valence-electron chi connectivity index (χ3n) is 4.81. The van der Waals surface area contributed by atoms with E-state index in [1.807, 2.05) is 19.9 Å². The van der Waals surface area contributed by atoms with Crippen molar-refractivity contribution in [1.29, 1.82) is 0 Å². The molecule has 0 amide bonds. The first-order chi connectivity index (χ1) is 12.6. The lowest BCUT2D eigenvalue weighted by molar-refractivity contribution is 0.0901. The summed E-state index contributed by atoms with van der Waals surface area (Å²) < 4.78 is 19.9. The van der Waals surface area contributed by atoms with E-state index in [-0.39, 0.29) is 22.1 Å². The van der Waals surface area contributed by atoms with Gasteiger partial charge in [0.05, 0.1) is 10.7 Å². The number of aromatic nitrogens is 1. The Labute approximate surface area is 163 Å². The van der Waals surface area contributed by atoms with E-state index < -0.39 is 5.82 Å². The van der Waals surface area contributed by atoms with Gasteiger partial charge in [0.1, 0.15) is 11.3 Å². The maximum absolute atomic E-state index is 13.9. The van der Waals surface area contributed by atoms with Crippen LogP contribution in [0.2, 0.25) is 5.02 Å². The normalized spacial score (nSPS) is 13.1. The van der Waals surface area contributed by atoms with Crippen LogP contribution in [0.4, 0.5) is 4.39 Å². The van der Waals surface area contributed by atoms with Crippen LogP contribution in [0.1, 0.15) is 57.2 Å². The van der Waals surface area contributed by atoms with Crippen LogP contribution in [-0.2, 0) is 5.41 Å². The van der Waals surface area contributed by atoms with Crippen LogP contribution in [-0.4, -0.2) is 10.8 Å². The molecule has 2 heterocycles. The molecule has 0 radical (unpaired) electrons. The lowest BCUT2D eigenvalue weighted by Gasteiger charge is -2.20. The van der Waals surface area contributed by atoms with Gasteiger partial charge < -0.3 is 4.42 Å². The summed E-state index contributed by atoms with van der Waals surface area (Å²) >= 11 is 5.80. The van der Waals surface area contributed by atoms with Crippen molar-refractivity contribution in [1.82, 2.24) is 4.98 Å². The van der Waals surface area contributed by atoms with Gasteiger partial charge in [-0.05, 0) is 30.0 Å². The second kappa shape index (κ2) is 7.08. The third kappa shape index (κ3) is 3.77. The van der Waals surface area contributed by atoms with Crippen molar-refractivity contribution in [2.45, 2.75) is 46.5 Å². The summed E-state index contributed by atoms with van der Waals surface area (Å²) in [6.45, 7) is 10.0. The van der Waals surface area contributed by atoms with E-state index in [2.05, 4.69) is 25.8 Å². The van der Waals surface area contributed by atoms with Gasteiger partial charge in [0.15, 0.2) is 11.3 Å². The number of hydrogen-bond acceptors (Lipinski definition) is 3. The quantitative estimate of drug-likeness (QED) is 0.461. The number of carbonyl (C=O) groups excluding carboxylic acids is 1. The van der Waals surface area contributed by atoms with Crippen LogP contribution >= 0.6 is 11.6 Å². The zero-order chi connectivity index (χ0) is 19.9. The van der Waals surface area contributed by atoms with E-state index in [1.165, 1.54) is 12.1 Å². The smallest absolute Gasteiger partial charge is 0.200 e. The molecule has 1 atom stereocenters. The molecule has 0 saturated heterocycles. The van der Waals surface area contributed by atoms with Gasteiger partial charge in [-0.3, -0.25) is 4.79 Å². The molecule has 0 N–H and O–H groups in total. The van der Waals surface area contributed by atoms with Crippen molar-refractivity contribution < 1.29 is 13.6 Å². The second-order valence-electron chi connectivity index (χ2n) is 7.93. The van der Waals surface area contributed by atoms with E-state index >= 15 is 0 Å². The number of nitrogens with zero attached hydrogens (tertiary/aromatic N) is 1. The van der Waals surface area contributed by atoms with Gasteiger partial charge in [0, 0.05) is 23.1 Å². The number of hydrogen-bond donors (Lipinski definition) is 0. The van der Waals surface area contributed by atoms with Gasteiger partial charge >= 0.3 is 0 Å². The molecule has 142 valence electrons. The topological polar surface area (TPSA) is 43.1 Å². The maximum atomic E-state index is 13.9. The largest absolute Gasteiger partial charge is 0.451 e. The minimum absolute atomic E-state index is 0.0329. The highest BCUT2D eigenvalue weighted by atomic mass is 35.5. The molecule has 2 aromatic heterocycles. The molecule has 27 heavy (non-hydrogen) atoms. The zero-order valence-electron chi connectivity index (χ0n) is 16.2. The number of benzene rings is 1. The van der Waals surface area contributed by atoms with E-state index in [0.29, 0.717) is 28.1 Å². The number of ketones is 1. The average molecular weight is 388 g/mol. The van der Waals surface area contributed by atoms with Gasteiger partial charge in [-0.2, -0.15) is 0 Å². The Morgan fingerprint density at radius 3 is 2.56 bits per heavy atom. The summed E-state index contributed by atoms with van der Waals surface area (Å²) in [5, 5.41) is 0.0700. The molecule has 0 bridgehead atoms. The van der Waals surface area contributed by atoms with E-state index in [9.17, 15) is 9.18 Å². The van der Waals surface area contributed by atoms with Crippen molar-refractivity contribution in [3.63, 3.8) is 0 Å². The Hall–Kier alpha value is -2.20. The first kappa shape index (κ1) is 19.6. The van der Waals surface area contributed by atoms with Gasteiger partial charge in [-0.1, -0.05) is 52.3 Å². The predicted molar refractivity (Wildman–Crippen MR) is 107 cm³/mol. The Morgan fingerprint density at radius 1 is 1.26 bits per heavy atom. The molecule has 0 fully saturated rings. The summed E-state index contributed by atoms with van der Waals surface area (Å²) in [4.78, 5) is 17.2. The Morgan fingerprint density at radius 2 is 1.96 bits per heavy atom. The molecule has 0 aliphatic heterocycles. The Balaban J connectivity index is 2.23. The SMILES string of the molecule is CCC(C)C(=O)c1cc2nc(-c3ccc(Cl)c(F)c3)cc(C(C)(C)C)c2o1. The van der Waals surface area contributed by atoms with Crippen LogP contribution in [0, 0.1) is 11.7 Å². The van der Waals surface area contributed by atoms with Crippen LogP contribution < -0.4 is 0 Å². The number of furan rings is 1. The average Bonchev–Trinajstić information content (AvgIpc) is 3.04. The highest BCUT2D eigenvalue weighted by molar-refractivity contribution is 6.30. The summed E-state index contributed by atoms with van der Waals surface area (Å²) in [7, 11) is 0. The van der Waals surface area contributed by atoms with E-state index in [1.54, 1.807) is 12.1 Å². The van der Waals surface area contributed by atoms with Crippen molar-refractivity contribution in [3.05, 3.63) is 52.5 Å². The van der Waals surface area contributed by atoms with Crippen LogP contribution in [0.25, 0.3) is 22.4 Å². The molecule has 1 aromatic carbocycles. The molecule has 3 aromatic rings. The summed E-state index contributed by atoms with van der Waals surface area (Å²) in [5.74, 6) is -0.326. The fourth-order valence-corrected chi connectivity index (χ4v) is 3.05. The molecule has 0 saturated carbocycles. The Kier molecular flexibility index (Phi) is 5.13. The molecule has 5 heteroatoms. The maximum Gasteiger partial charge on any atom is 0.200 e. The van der Waals surface area contributed by atoms with E-state index in [4.69, 9.17) is 16.0 Å². The van der Waals surface area contributed by atoms with Gasteiger partial charge in [0.2, 0.25) is 5.78 Å². The van der Waals surface area contributed by atoms with Crippen molar-refractivity contribution in [3.8, 4) is 11.3 Å². The first-order valence-corrected chi connectivity index (χ1v) is 9.44. The zero-order valence-corrected chi connectivity index (χ0v) is 16.9. The van der Waals surface area contributed by atoms with Crippen LogP contribution in [0.5, 0.6) is 0 Å². The minimum atomic E-state index is -0.492. The molecule has 0 aliphatic carbocycles. The molecule has 0 aliphatic rings. The highest BCUT2D eigenvalue weighted by Gasteiger charge is 2.25. The first-order valence-electron chi connectivity index (χ1n) is 9.06. The van der Waals surface area contributed by atoms with Crippen molar-refractivity contribution in [2.24, 2.45) is 5.92 Å². The minimum Gasteiger partial charge on any atom is -0.451 e. The number of Topliss-reactive ketones (excluding diaryl/α,β-unsaturated/α-hetero) is 1. The Bertz CT molecular complexity index is 1020.